The minimum Gasteiger partial charge on any atom is -0.456 e. The quantitative estimate of drug-likeness (QED) is 0.0740. The largest absolute Gasteiger partial charge is 0.456 e. The molecule has 0 radical (unpaired) electrons. The maximum Gasteiger partial charge on any atom is 0.343 e. The van der Waals surface area contributed by atoms with Crippen molar-refractivity contribution < 1.29 is 46.1 Å². The molecule has 2 unspecified atom stereocenters. The summed E-state index contributed by atoms with van der Waals surface area (Å²) in [5, 5.41) is 0. The fourth-order valence-corrected chi connectivity index (χ4v) is 8.54. The van der Waals surface area contributed by atoms with Crippen LogP contribution in [0.2, 0.25) is 0 Å². The molecule has 4 aliphatic rings. The van der Waals surface area contributed by atoms with Crippen LogP contribution in [0, 0.1) is 23.3 Å². The molecule has 0 N–H and O–H groups in total. The predicted octanol–water partition coefficient (Wildman–Crippen LogP) is 9.07. The lowest BCUT2D eigenvalue weighted by molar-refractivity contribution is 0.0202. The standard InChI is InChI=1S/C42H32F4N2O6/c1-5-47(6-2)21-13-15-25-29(17-21)51-31-20-32-28(19-27(31)41(25)24-12-10-9-11-23(24)39(49)53-41)42(26-16-14-22(18-30(26)52-32)48(7-3)8-4)34-33(40(50)54-42)35(43)37(45)38(46)36(34)44/h9-20H,5-8H2,1-4H3. The molecule has 0 fully saturated rings. The maximum absolute atomic E-state index is 16.3. The van der Waals surface area contributed by atoms with E-state index in [0.29, 0.717) is 41.2 Å². The molecule has 2 spiro atoms. The number of rotatable bonds is 6. The van der Waals surface area contributed by atoms with Crippen LogP contribution in [0.15, 0.2) is 72.8 Å². The predicted molar refractivity (Wildman–Crippen MR) is 190 cm³/mol. The second kappa shape index (κ2) is 11.7. The summed E-state index contributed by atoms with van der Waals surface area (Å²) in [7, 11) is 0. The number of benzene rings is 5. The molecule has 0 amide bonds. The highest BCUT2D eigenvalue weighted by Gasteiger charge is 2.60. The lowest BCUT2D eigenvalue weighted by Gasteiger charge is -2.41. The van der Waals surface area contributed by atoms with Crippen molar-refractivity contribution in [2.75, 3.05) is 36.0 Å². The molecule has 54 heavy (non-hydrogen) atoms. The van der Waals surface area contributed by atoms with Crippen molar-refractivity contribution >= 4 is 23.3 Å². The second-order valence-corrected chi connectivity index (χ2v) is 13.4. The Bertz CT molecular complexity index is 2480. The first-order chi connectivity index (χ1) is 26.0. The highest BCUT2D eigenvalue weighted by Crippen LogP contribution is 2.63. The summed E-state index contributed by atoms with van der Waals surface area (Å²) >= 11 is 0. The SMILES string of the molecule is CCN(CC)c1ccc2c(c1)Oc1cc3c(cc1C21OC(=O)c2ccccc21)C1(OC(=O)c2c(F)c(F)c(F)c(F)c21)c1ccc(N(CC)CC)cc1O3. The Morgan fingerprint density at radius 3 is 1.61 bits per heavy atom. The summed E-state index contributed by atoms with van der Waals surface area (Å²) < 4.78 is 87.4. The van der Waals surface area contributed by atoms with Gasteiger partial charge in [0.05, 0.1) is 11.1 Å². The smallest absolute Gasteiger partial charge is 0.343 e. The molecule has 0 bridgehead atoms. The van der Waals surface area contributed by atoms with E-state index in [0.717, 1.165) is 18.8 Å². The van der Waals surface area contributed by atoms with E-state index < -0.39 is 57.5 Å². The van der Waals surface area contributed by atoms with Crippen LogP contribution in [0.4, 0.5) is 28.9 Å². The van der Waals surface area contributed by atoms with Crippen molar-refractivity contribution in [3.05, 3.63) is 141 Å². The lowest BCUT2D eigenvalue weighted by Crippen LogP contribution is -2.37. The van der Waals surface area contributed by atoms with E-state index in [2.05, 4.69) is 4.90 Å². The fourth-order valence-electron chi connectivity index (χ4n) is 8.54. The Kier molecular flexibility index (Phi) is 7.34. The highest BCUT2D eigenvalue weighted by molar-refractivity contribution is 5.99. The number of ether oxygens (including phenoxy) is 4. The highest BCUT2D eigenvalue weighted by atomic mass is 19.2. The molecule has 9 rings (SSSR count). The van der Waals surface area contributed by atoms with Gasteiger partial charge >= 0.3 is 11.9 Å². The fraction of sp³-hybridized carbons (Fsp3) is 0.238. The summed E-state index contributed by atoms with van der Waals surface area (Å²) in [5.74, 6) is -9.24. The minimum absolute atomic E-state index is 0.000700. The van der Waals surface area contributed by atoms with Crippen molar-refractivity contribution in [2.24, 2.45) is 0 Å². The van der Waals surface area contributed by atoms with E-state index in [9.17, 15) is 14.0 Å². The topological polar surface area (TPSA) is 77.5 Å². The number of anilines is 2. The zero-order valence-corrected chi connectivity index (χ0v) is 29.6. The van der Waals surface area contributed by atoms with Gasteiger partial charge in [-0.05, 0) is 64.1 Å². The van der Waals surface area contributed by atoms with Gasteiger partial charge < -0.3 is 28.7 Å². The summed E-state index contributed by atoms with van der Waals surface area (Å²) in [6, 6.07) is 20.3. The minimum atomic E-state index is -2.37. The Labute approximate surface area is 307 Å². The summed E-state index contributed by atoms with van der Waals surface area (Å²) in [6.45, 7) is 10.7. The van der Waals surface area contributed by atoms with Crippen molar-refractivity contribution in [3.8, 4) is 23.0 Å². The van der Waals surface area contributed by atoms with Gasteiger partial charge in [0.1, 0.15) is 28.6 Å². The van der Waals surface area contributed by atoms with Crippen molar-refractivity contribution in [1.29, 1.82) is 0 Å². The Morgan fingerprint density at radius 2 is 1.02 bits per heavy atom. The molecular formula is C42H32F4N2O6. The number of carbonyl (C=O) groups excluding carboxylic acids is 2. The van der Waals surface area contributed by atoms with Gasteiger partial charge in [-0.15, -0.1) is 0 Å². The number of esters is 2. The van der Waals surface area contributed by atoms with Gasteiger partial charge in [0.2, 0.25) is 0 Å². The van der Waals surface area contributed by atoms with Crippen LogP contribution >= 0.6 is 0 Å². The number of nitrogens with zero attached hydrogens (tertiary/aromatic N) is 2. The monoisotopic (exact) mass is 736 g/mol. The molecule has 4 aliphatic heterocycles. The van der Waals surface area contributed by atoms with Crippen molar-refractivity contribution in [2.45, 2.75) is 38.9 Å². The van der Waals surface area contributed by atoms with Crippen LogP contribution in [0.1, 0.15) is 81.8 Å². The van der Waals surface area contributed by atoms with E-state index >= 15 is 13.2 Å². The van der Waals surface area contributed by atoms with Gasteiger partial charge in [0, 0.05) is 83.6 Å². The first kappa shape index (κ1) is 33.8. The molecule has 4 heterocycles. The second-order valence-electron chi connectivity index (χ2n) is 13.4. The number of hydrogen-bond acceptors (Lipinski definition) is 8. The van der Waals surface area contributed by atoms with Gasteiger partial charge in [-0.1, -0.05) is 18.2 Å². The Morgan fingerprint density at radius 1 is 0.519 bits per heavy atom. The average Bonchev–Trinajstić information content (AvgIpc) is 3.65. The first-order valence-corrected chi connectivity index (χ1v) is 17.8. The molecule has 274 valence electrons. The number of fused-ring (bicyclic) bond motifs is 12. The van der Waals surface area contributed by atoms with Crippen LogP contribution in [-0.4, -0.2) is 38.1 Å². The third kappa shape index (κ3) is 4.19. The third-order valence-electron chi connectivity index (χ3n) is 11.1. The lowest BCUT2D eigenvalue weighted by atomic mass is 9.72. The average molecular weight is 737 g/mol. The van der Waals surface area contributed by atoms with Crippen LogP contribution in [-0.2, 0) is 20.7 Å². The summed E-state index contributed by atoms with van der Waals surface area (Å²) in [4.78, 5) is 31.5. The van der Waals surface area contributed by atoms with Crippen molar-refractivity contribution in [1.82, 2.24) is 0 Å². The molecule has 2 atom stereocenters. The van der Waals surface area contributed by atoms with E-state index in [4.69, 9.17) is 18.9 Å². The van der Waals surface area contributed by atoms with Gasteiger partial charge in [0.25, 0.3) is 0 Å². The molecule has 0 saturated carbocycles. The molecule has 0 aliphatic carbocycles. The molecule has 5 aromatic rings. The van der Waals surface area contributed by atoms with E-state index in [1.54, 1.807) is 36.4 Å². The van der Waals surface area contributed by atoms with Crippen LogP contribution in [0.3, 0.4) is 0 Å². The maximum atomic E-state index is 16.3. The van der Waals surface area contributed by atoms with Crippen LogP contribution in [0.5, 0.6) is 23.0 Å². The van der Waals surface area contributed by atoms with E-state index in [1.165, 1.54) is 18.2 Å². The summed E-state index contributed by atoms with van der Waals surface area (Å²) in [5.41, 5.74) is -2.85. The molecule has 0 saturated heterocycles. The molecular weight excluding hydrogens is 704 g/mol. The normalized spacial score (nSPS) is 19.5. The van der Waals surface area contributed by atoms with Crippen LogP contribution in [0.25, 0.3) is 0 Å². The summed E-state index contributed by atoms with van der Waals surface area (Å²) in [6.07, 6.45) is 0. The van der Waals surface area contributed by atoms with Gasteiger partial charge in [0.15, 0.2) is 34.5 Å². The number of hydrogen-bond donors (Lipinski definition) is 0. The molecule has 0 aromatic heterocycles. The van der Waals surface area contributed by atoms with Crippen LogP contribution < -0.4 is 19.3 Å². The third-order valence-corrected chi connectivity index (χ3v) is 11.1. The first-order valence-electron chi connectivity index (χ1n) is 17.8. The molecule has 8 nitrogen and oxygen atoms in total. The zero-order valence-electron chi connectivity index (χ0n) is 29.6. The van der Waals surface area contributed by atoms with Crippen molar-refractivity contribution in [3.63, 3.8) is 0 Å². The Balaban J connectivity index is 1.37. The van der Waals surface area contributed by atoms with E-state index in [-0.39, 0.29) is 33.9 Å². The Hall–Kier alpha value is -6.04. The number of carbonyl (C=O) groups is 2. The number of halogens is 4. The molecule has 12 heteroatoms. The van der Waals surface area contributed by atoms with Gasteiger partial charge in [-0.25, -0.2) is 27.2 Å². The molecule has 5 aromatic carbocycles. The van der Waals surface area contributed by atoms with Gasteiger partial charge in [-0.2, -0.15) is 0 Å². The van der Waals surface area contributed by atoms with E-state index in [1.807, 2.05) is 50.8 Å². The van der Waals surface area contributed by atoms with Gasteiger partial charge in [-0.3, -0.25) is 0 Å². The zero-order chi connectivity index (χ0) is 37.8.